The zero-order chi connectivity index (χ0) is 19.3. The fraction of sp³-hybridized carbons (Fsp3) is 0.294. The standard InChI is InChI=1S/C17H19FN4O4/c1-4-19-17(25)20-14(23)9-26-16(24)15-10(2)21-22(11(15)3)13-7-5-12(18)6-8-13/h5-8H,4,9H2,1-3H3,(H2,19,20,23,25). The molecule has 138 valence electrons. The van der Waals surface area contributed by atoms with Crippen LogP contribution in [-0.4, -0.2) is 40.8 Å². The molecule has 1 aromatic heterocycles. The number of ether oxygens (including phenoxy) is 1. The van der Waals surface area contributed by atoms with Crippen LogP contribution in [0, 0.1) is 19.7 Å². The van der Waals surface area contributed by atoms with Crippen LogP contribution in [0.25, 0.3) is 5.69 Å². The summed E-state index contributed by atoms with van der Waals surface area (Å²) in [7, 11) is 0. The van der Waals surface area contributed by atoms with E-state index in [2.05, 4.69) is 10.4 Å². The molecule has 2 rings (SSSR count). The second kappa shape index (κ2) is 8.24. The Morgan fingerprint density at radius 1 is 1.19 bits per heavy atom. The van der Waals surface area contributed by atoms with Gasteiger partial charge in [-0.2, -0.15) is 5.10 Å². The number of aromatic nitrogens is 2. The molecule has 1 heterocycles. The number of aryl methyl sites for hydroxylation is 1. The highest BCUT2D eigenvalue weighted by atomic mass is 19.1. The van der Waals surface area contributed by atoms with Gasteiger partial charge in [-0.3, -0.25) is 10.1 Å². The zero-order valence-electron chi connectivity index (χ0n) is 14.6. The molecule has 26 heavy (non-hydrogen) atoms. The smallest absolute Gasteiger partial charge is 0.342 e. The maximum absolute atomic E-state index is 13.1. The van der Waals surface area contributed by atoms with Crippen LogP contribution < -0.4 is 10.6 Å². The first-order valence-corrected chi connectivity index (χ1v) is 7.90. The van der Waals surface area contributed by atoms with Gasteiger partial charge in [0, 0.05) is 6.54 Å². The Morgan fingerprint density at radius 3 is 2.46 bits per heavy atom. The molecule has 0 aliphatic carbocycles. The summed E-state index contributed by atoms with van der Waals surface area (Å²) in [5, 5.41) is 8.68. The molecular weight excluding hydrogens is 343 g/mol. The second-order valence-corrected chi connectivity index (χ2v) is 5.42. The maximum atomic E-state index is 13.1. The minimum atomic E-state index is -0.745. The number of carbonyl (C=O) groups is 3. The summed E-state index contributed by atoms with van der Waals surface area (Å²) in [6.45, 7) is 4.75. The number of rotatable bonds is 5. The van der Waals surface area contributed by atoms with Crippen molar-refractivity contribution >= 4 is 17.9 Å². The van der Waals surface area contributed by atoms with Gasteiger partial charge in [0.2, 0.25) is 0 Å². The first kappa shape index (κ1) is 19.1. The van der Waals surface area contributed by atoms with Crippen molar-refractivity contribution in [1.82, 2.24) is 20.4 Å². The van der Waals surface area contributed by atoms with Crippen molar-refractivity contribution in [2.24, 2.45) is 0 Å². The van der Waals surface area contributed by atoms with Gasteiger partial charge in [-0.05, 0) is 45.0 Å². The molecule has 0 spiro atoms. The minimum absolute atomic E-state index is 0.208. The van der Waals surface area contributed by atoms with E-state index in [1.807, 2.05) is 5.32 Å². The highest BCUT2D eigenvalue weighted by Gasteiger charge is 2.22. The average molecular weight is 362 g/mol. The second-order valence-electron chi connectivity index (χ2n) is 5.42. The van der Waals surface area contributed by atoms with Crippen molar-refractivity contribution in [3.8, 4) is 5.69 Å². The third-order valence-corrected chi connectivity index (χ3v) is 3.49. The highest BCUT2D eigenvalue weighted by molar-refractivity contribution is 5.97. The number of nitrogens with one attached hydrogen (secondary N) is 2. The summed E-state index contributed by atoms with van der Waals surface area (Å²) in [5.41, 5.74) is 1.68. The Kier molecular flexibility index (Phi) is 6.05. The van der Waals surface area contributed by atoms with E-state index < -0.39 is 24.5 Å². The van der Waals surface area contributed by atoms with Gasteiger partial charge in [-0.1, -0.05) is 0 Å². The molecular formula is C17H19FN4O4. The van der Waals surface area contributed by atoms with Crippen molar-refractivity contribution in [3.63, 3.8) is 0 Å². The first-order chi connectivity index (χ1) is 12.3. The monoisotopic (exact) mass is 362 g/mol. The van der Waals surface area contributed by atoms with Crippen molar-refractivity contribution in [2.45, 2.75) is 20.8 Å². The Balaban J connectivity index is 2.09. The van der Waals surface area contributed by atoms with Gasteiger partial charge in [0.25, 0.3) is 5.91 Å². The van der Waals surface area contributed by atoms with Crippen molar-refractivity contribution in [1.29, 1.82) is 0 Å². The van der Waals surface area contributed by atoms with E-state index in [0.717, 1.165) is 0 Å². The Bertz CT molecular complexity index is 830. The first-order valence-electron chi connectivity index (χ1n) is 7.90. The summed E-state index contributed by atoms with van der Waals surface area (Å²) in [4.78, 5) is 35.1. The number of urea groups is 1. The SMILES string of the molecule is CCNC(=O)NC(=O)COC(=O)c1c(C)nn(-c2ccc(F)cc2)c1C. The molecule has 0 saturated heterocycles. The normalized spacial score (nSPS) is 10.3. The van der Waals surface area contributed by atoms with E-state index in [9.17, 15) is 18.8 Å². The van der Waals surface area contributed by atoms with E-state index in [4.69, 9.17) is 4.74 Å². The number of amides is 3. The number of nitrogens with zero attached hydrogens (tertiary/aromatic N) is 2. The van der Waals surface area contributed by atoms with Gasteiger partial charge in [-0.25, -0.2) is 18.7 Å². The molecule has 1 aromatic carbocycles. The number of halogens is 1. The van der Waals surface area contributed by atoms with Crippen LogP contribution >= 0.6 is 0 Å². The molecule has 0 bridgehead atoms. The molecule has 0 fully saturated rings. The van der Waals surface area contributed by atoms with Crippen molar-refractivity contribution in [3.05, 3.63) is 47.0 Å². The van der Waals surface area contributed by atoms with Crippen LogP contribution in [0.2, 0.25) is 0 Å². The zero-order valence-corrected chi connectivity index (χ0v) is 14.6. The molecule has 9 heteroatoms. The lowest BCUT2D eigenvalue weighted by atomic mass is 10.2. The molecule has 0 aliphatic rings. The highest BCUT2D eigenvalue weighted by Crippen LogP contribution is 2.19. The largest absolute Gasteiger partial charge is 0.452 e. The number of imide groups is 1. The Labute approximate surface area is 149 Å². The van der Waals surface area contributed by atoms with Crippen LogP contribution in [0.3, 0.4) is 0 Å². The Morgan fingerprint density at radius 2 is 1.85 bits per heavy atom. The number of benzene rings is 1. The van der Waals surface area contributed by atoms with E-state index in [-0.39, 0.29) is 11.4 Å². The predicted octanol–water partition coefficient (Wildman–Crippen LogP) is 1.63. The van der Waals surface area contributed by atoms with Crippen LogP contribution in [0.1, 0.15) is 28.7 Å². The number of carbonyl (C=O) groups excluding carboxylic acids is 3. The number of hydrogen-bond acceptors (Lipinski definition) is 5. The van der Waals surface area contributed by atoms with Gasteiger partial charge in [0.15, 0.2) is 6.61 Å². The van der Waals surface area contributed by atoms with Crippen molar-refractivity contribution < 1.29 is 23.5 Å². The third kappa shape index (κ3) is 4.44. The van der Waals surface area contributed by atoms with Gasteiger partial charge in [0.1, 0.15) is 11.4 Å². The van der Waals surface area contributed by atoms with Crippen LogP contribution in [-0.2, 0) is 9.53 Å². The van der Waals surface area contributed by atoms with Gasteiger partial charge >= 0.3 is 12.0 Å². The van der Waals surface area contributed by atoms with E-state index in [1.54, 1.807) is 20.8 Å². The molecule has 3 amide bonds. The molecule has 0 atom stereocenters. The quantitative estimate of drug-likeness (QED) is 0.787. The van der Waals surface area contributed by atoms with Crippen LogP contribution in [0.15, 0.2) is 24.3 Å². The summed E-state index contributed by atoms with van der Waals surface area (Å²) < 4.78 is 19.5. The van der Waals surface area contributed by atoms with Gasteiger partial charge in [-0.15, -0.1) is 0 Å². The number of esters is 1. The van der Waals surface area contributed by atoms with Crippen molar-refractivity contribution in [2.75, 3.05) is 13.2 Å². The molecule has 0 aliphatic heterocycles. The summed E-state index contributed by atoms with van der Waals surface area (Å²) in [6, 6.07) is 4.98. The molecule has 0 radical (unpaired) electrons. The lowest BCUT2D eigenvalue weighted by Gasteiger charge is -2.07. The van der Waals surface area contributed by atoms with E-state index in [0.29, 0.717) is 23.6 Å². The molecule has 2 aromatic rings. The topological polar surface area (TPSA) is 102 Å². The third-order valence-electron chi connectivity index (χ3n) is 3.49. The van der Waals surface area contributed by atoms with Crippen LogP contribution in [0.4, 0.5) is 9.18 Å². The molecule has 0 saturated carbocycles. The predicted molar refractivity (Wildman–Crippen MR) is 90.5 cm³/mol. The minimum Gasteiger partial charge on any atom is -0.452 e. The van der Waals surface area contributed by atoms with Crippen LogP contribution in [0.5, 0.6) is 0 Å². The lowest BCUT2D eigenvalue weighted by molar-refractivity contribution is -0.123. The molecule has 0 unspecified atom stereocenters. The Hall–Kier alpha value is -3.23. The maximum Gasteiger partial charge on any atom is 0.342 e. The van der Waals surface area contributed by atoms with E-state index in [1.165, 1.54) is 28.9 Å². The van der Waals surface area contributed by atoms with Gasteiger partial charge in [0.05, 0.1) is 17.1 Å². The van der Waals surface area contributed by atoms with Gasteiger partial charge < -0.3 is 10.1 Å². The molecule has 2 N–H and O–H groups in total. The summed E-state index contributed by atoms with van der Waals surface area (Å²) in [5.74, 6) is -1.86. The fourth-order valence-electron chi connectivity index (χ4n) is 2.34. The van der Waals surface area contributed by atoms with E-state index >= 15 is 0 Å². The number of hydrogen-bond donors (Lipinski definition) is 2. The summed E-state index contributed by atoms with van der Waals surface area (Å²) >= 11 is 0. The lowest BCUT2D eigenvalue weighted by Crippen LogP contribution is -2.41. The average Bonchev–Trinajstić information content (AvgIpc) is 2.88. The molecule has 8 nitrogen and oxygen atoms in total. The fourth-order valence-corrected chi connectivity index (χ4v) is 2.34. The summed E-state index contributed by atoms with van der Waals surface area (Å²) in [6.07, 6.45) is 0.